The monoisotopic (exact) mass is 375 g/mol. The van der Waals surface area contributed by atoms with Crippen molar-refractivity contribution < 1.29 is 22.5 Å². The molecule has 0 aliphatic carbocycles. The second-order valence-electron chi connectivity index (χ2n) is 5.81. The summed E-state index contributed by atoms with van der Waals surface area (Å²) < 4.78 is 46.2. The fourth-order valence-electron chi connectivity index (χ4n) is 2.99. The van der Waals surface area contributed by atoms with Crippen LogP contribution in [0.2, 0.25) is 0 Å². The summed E-state index contributed by atoms with van der Waals surface area (Å²) >= 11 is 0. The van der Waals surface area contributed by atoms with E-state index in [9.17, 15) is 22.9 Å². The molecule has 0 unspecified atom stereocenters. The molecule has 25 heavy (non-hydrogen) atoms. The summed E-state index contributed by atoms with van der Waals surface area (Å²) in [6.45, 7) is 3.50. The second-order valence-corrected chi connectivity index (χ2v) is 7.70. The Morgan fingerprint density at radius 3 is 2.56 bits per heavy atom. The Balaban J connectivity index is 2.50. The van der Waals surface area contributed by atoms with Gasteiger partial charge in [-0.05, 0) is 38.4 Å². The van der Waals surface area contributed by atoms with Crippen LogP contribution in [0.1, 0.15) is 26.2 Å². The summed E-state index contributed by atoms with van der Waals surface area (Å²) in [6, 6.07) is 1.43. The third-order valence-corrected chi connectivity index (χ3v) is 6.09. The van der Waals surface area contributed by atoms with Crippen LogP contribution in [-0.2, 0) is 10.0 Å². The number of hydrogen-bond acceptors (Lipinski definition) is 6. The topological polar surface area (TPSA) is 102 Å². The van der Waals surface area contributed by atoms with Crippen LogP contribution in [0.5, 0.6) is 5.75 Å². The van der Waals surface area contributed by atoms with Crippen LogP contribution in [-0.4, -0.2) is 50.4 Å². The maximum Gasteiger partial charge on any atom is 0.315 e. The minimum absolute atomic E-state index is 0.213. The molecular formula is C15H22FN3O5S. The van der Waals surface area contributed by atoms with E-state index in [4.69, 9.17) is 4.74 Å². The van der Waals surface area contributed by atoms with Gasteiger partial charge in [-0.1, -0.05) is 6.92 Å². The van der Waals surface area contributed by atoms with Crippen molar-refractivity contribution in [2.45, 2.75) is 37.1 Å². The number of methoxy groups -OCH3 is 1. The lowest BCUT2D eigenvalue weighted by Gasteiger charge is -2.33. The highest BCUT2D eigenvalue weighted by atomic mass is 32.2. The molecule has 0 amide bonds. The van der Waals surface area contributed by atoms with E-state index in [2.05, 4.69) is 5.32 Å². The quantitative estimate of drug-likeness (QED) is 0.577. The molecule has 0 bridgehead atoms. The van der Waals surface area contributed by atoms with Gasteiger partial charge in [0.05, 0.1) is 16.9 Å². The van der Waals surface area contributed by atoms with Gasteiger partial charge < -0.3 is 10.1 Å². The maximum absolute atomic E-state index is 14.2. The number of sulfonamides is 1. The van der Waals surface area contributed by atoms with E-state index in [0.717, 1.165) is 19.2 Å². The zero-order valence-corrected chi connectivity index (χ0v) is 15.0. The van der Waals surface area contributed by atoms with Crippen LogP contribution in [0.15, 0.2) is 17.0 Å². The van der Waals surface area contributed by atoms with Crippen molar-refractivity contribution in [1.29, 1.82) is 0 Å². The van der Waals surface area contributed by atoms with Gasteiger partial charge in [0.2, 0.25) is 15.8 Å². The van der Waals surface area contributed by atoms with Crippen LogP contribution >= 0.6 is 0 Å². The molecule has 0 aromatic heterocycles. The molecule has 1 heterocycles. The molecule has 0 spiro atoms. The molecule has 1 aliphatic heterocycles. The molecule has 0 atom stereocenters. The number of nitro groups is 1. The van der Waals surface area contributed by atoms with Crippen molar-refractivity contribution in [3.8, 4) is 5.75 Å². The highest BCUT2D eigenvalue weighted by molar-refractivity contribution is 7.89. The Hall–Kier alpha value is -1.78. The Bertz CT molecular complexity index is 735. The SMILES string of the molecule is CCCN(C1CCNCC1)S(=O)(=O)c1cc(F)c(OC)c([N+](=O)[O-])c1. The predicted octanol–water partition coefficient (Wildman–Crippen LogP) is 1.90. The molecule has 2 rings (SSSR count). The van der Waals surface area contributed by atoms with Crippen molar-refractivity contribution in [3.05, 3.63) is 28.1 Å². The van der Waals surface area contributed by atoms with E-state index in [1.165, 1.54) is 4.31 Å². The number of nitro benzene ring substituents is 1. The van der Waals surface area contributed by atoms with Crippen molar-refractivity contribution >= 4 is 15.7 Å². The number of ether oxygens (including phenoxy) is 1. The molecule has 1 aromatic rings. The van der Waals surface area contributed by atoms with Gasteiger partial charge in [-0.3, -0.25) is 10.1 Å². The molecule has 140 valence electrons. The van der Waals surface area contributed by atoms with E-state index in [-0.39, 0.29) is 12.6 Å². The van der Waals surface area contributed by atoms with Gasteiger partial charge in [0, 0.05) is 18.7 Å². The van der Waals surface area contributed by atoms with Crippen LogP contribution in [0.4, 0.5) is 10.1 Å². The van der Waals surface area contributed by atoms with Gasteiger partial charge in [0.1, 0.15) is 0 Å². The first-order chi connectivity index (χ1) is 11.8. The smallest absolute Gasteiger partial charge is 0.315 e. The van der Waals surface area contributed by atoms with Crippen molar-refractivity contribution in [3.63, 3.8) is 0 Å². The average Bonchev–Trinajstić information content (AvgIpc) is 2.59. The summed E-state index contributed by atoms with van der Waals surface area (Å²) in [5.41, 5.74) is -0.706. The Morgan fingerprint density at radius 1 is 1.40 bits per heavy atom. The number of rotatable bonds is 7. The molecule has 0 radical (unpaired) electrons. The van der Waals surface area contributed by atoms with Gasteiger partial charge in [-0.2, -0.15) is 4.31 Å². The predicted molar refractivity (Wildman–Crippen MR) is 89.7 cm³/mol. The van der Waals surface area contributed by atoms with E-state index in [1.54, 1.807) is 0 Å². The Morgan fingerprint density at radius 2 is 2.04 bits per heavy atom. The van der Waals surface area contributed by atoms with Crippen molar-refractivity contribution in [2.75, 3.05) is 26.7 Å². The maximum atomic E-state index is 14.2. The van der Waals surface area contributed by atoms with E-state index in [0.29, 0.717) is 32.4 Å². The molecule has 10 heteroatoms. The van der Waals surface area contributed by atoms with Crippen molar-refractivity contribution in [1.82, 2.24) is 9.62 Å². The first kappa shape index (κ1) is 19.5. The molecular weight excluding hydrogens is 353 g/mol. The summed E-state index contributed by atoms with van der Waals surface area (Å²) in [5, 5.41) is 14.3. The molecule has 1 aliphatic rings. The summed E-state index contributed by atoms with van der Waals surface area (Å²) in [7, 11) is -2.97. The normalized spacial score (nSPS) is 16.2. The first-order valence-electron chi connectivity index (χ1n) is 8.07. The summed E-state index contributed by atoms with van der Waals surface area (Å²) in [4.78, 5) is 9.87. The third kappa shape index (κ3) is 4.07. The lowest BCUT2D eigenvalue weighted by molar-refractivity contribution is -0.386. The third-order valence-electron chi connectivity index (χ3n) is 4.16. The standard InChI is InChI=1S/C15H22FN3O5S/c1-3-8-18(11-4-6-17-7-5-11)25(22,23)12-9-13(16)15(24-2)14(10-12)19(20)21/h9-11,17H,3-8H2,1-2H3. The lowest BCUT2D eigenvalue weighted by Crippen LogP contribution is -2.46. The number of nitrogens with one attached hydrogen (secondary N) is 1. The van der Waals surface area contributed by atoms with Crippen LogP contribution in [0, 0.1) is 15.9 Å². The fourth-order valence-corrected chi connectivity index (χ4v) is 4.80. The van der Waals surface area contributed by atoms with Crippen LogP contribution < -0.4 is 10.1 Å². The molecule has 1 N–H and O–H groups in total. The van der Waals surface area contributed by atoms with Gasteiger partial charge in [0.25, 0.3) is 0 Å². The van der Waals surface area contributed by atoms with E-state index >= 15 is 0 Å². The van der Waals surface area contributed by atoms with Gasteiger partial charge in [-0.25, -0.2) is 12.8 Å². The van der Waals surface area contributed by atoms with Gasteiger partial charge in [0.15, 0.2) is 5.82 Å². The van der Waals surface area contributed by atoms with Gasteiger partial charge >= 0.3 is 5.69 Å². The number of halogens is 1. The Kier molecular flexibility index (Phi) is 6.31. The molecule has 0 saturated carbocycles. The molecule has 1 saturated heterocycles. The average molecular weight is 375 g/mol. The highest BCUT2D eigenvalue weighted by Gasteiger charge is 2.34. The summed E-state index contributed by atoms with van der Waals surface area (Å²) in [6.07, 6.45) is 1.86. The van der Waals surface area contributed by atoms with Gasteiger partial charge in [-0.15, -0.1) is 0 Å². The minimum Gasteiger partial charge on any atom is -0.488 e. The fraction of sp³-hybridized carbons (Fsp3) is 0.600. The molecule has 8 nitrogen and oxygen atoms in total. The van der Waals surface area contributed by atoms with Crippen molar-refractivity contribution in [2.24, 2.45) is 0 Å². The molecule has 1 aromatic carbocycles. The number of piperidine rings is 1. The highest BCUT2D eigenvalue weighted by Crippen LogP contribution is 2.34. The number of benzene rings is 1. The lowest BCUT2D eigenvalue weighted by atomic mass is 10.1. The zero-order valence-electron chi connectivity index (χ0n) is 14.2. The van der Waals surface area contributed by atoms with E-state index < -0.39 is 37.1 Å². The minimum atomic E-state index is -4.06. The van der Waals surface area contributed by atoms with Crippen LogP contribution in [0.3, 0.4) is 0 Å². The second kappa shape index (κ2) is 8.07. The molecule has 1 fully saturated rings. The number of hydrogen-bond donors (Lipinski definition) is 1. The summed E-state index contributed by atoms with van der Waals surface area (Å²) in [5.74, 6) is -1.65. The zero-order chi connectivity index (χ0) is 18.6. The first-order valence-corrected chi connectivity index (χ1v) is 9.51. The Labute approximate surface area is 146 Å². The van der Waals surface area contributed by atoms with Crippen LogP contribution in [0.25, 0.3) is 0 Å². The number of nitrogens with zero attached hydrogens (tertiary/aromatic N) is 2. The largest absolute Gasteiger partial charge is 0.488 e. The van der Waals surface area contributed by atoms with E-state index in [1.807, 2.05) is 6.92 Å².